The molecule has 0 radical (unpaired) electrons. The maximum Gasteiger partial charge on any atom is 0.254 e. The minimum absolute atomic E-state index is 0.0766. The van der Waals surface area contributed by atoms with Gasteiger partial charge in [-0.15, -0.1) is 0 Å². The quantitative estimate of drug-likeness (QED) is 0.697. The predicted octanol–water partition coefficient (Wildman–Crippen LogP) is 0.797. The van der Waals surface area contributed by atoms with Crippen LogP contribution in [-0.2, 0) is 11.2 Å². The van der Waals surface area contributed by atoms with E-state index in [0.29, 0.717) is 30.0 Å². The van der Waals surface area contributed by atoms with E-state index in [1.54, 1.807) is 25.4 Å². The molecule has 0 spiro atoms. The van der Waals surface area contributed by atoms with Crippen LogP contribution in [0.5, 0.6) is 0 Å². The lowest BCUT2D eigenvalue weighted by molar-refractivity contribution is -0.121. The zero-order chi connectivity index (χ0) is 17.5. The molecule has 0 aliphatic rings. The van der Waals surface area contributed by atoms with Gasteiger partial charge in [0, 0.05) is 48.2 Å². The van der Waals surface area contributed by atoms with Gasteiger partial charge in [0.1, 0.15) is 5.82 Å². The number of hydrogen-bond donors (Lipinski definition) is 3. The molecule has 1 atom stereocenters. The Balaban J connectivity index is 2.04. The molecule has 7 heteroatoms. The van der Waals surface area contributed by atoms with Crippen LogP contribution in [-0.4, -0.2) is 40.5 Å². The second-order valence-corrected chi connectivity index (χ2v) is 5.71. The van der Waals surface area contributed by atoms with Crippen molar-refractivity contribution in [3.63, 3.8) is 0 Å². The number of aromatic amines is 1. The van der Waals surface area contributed by atoms with Crippen molar-refractivity contribution in [3.05, 3.63) is 46.1 Å². The Bertz CT molecular complexity index is 742. The minimum atomic E-state index is -0.210. The van der Waals surface area contributed by atoms with Crippen molar-refractivity contribution < 1.29 is 4.79 Å². The lowest BCUT2D eigenvalue weighted by Gasteiger charge is -2.11. The first-order chi connectivity index (χ1) is 11.5. The minimum Gasteiger partial charge on any atom is -0.355 e. The van der Waals surface area contributed by atoms with Gasteiger partial charge >= 0.3 is 0 Å². The molecule has 0 saturated carbocycles. The largest absolute Gasteiger partial charge is 0.355 e. The van der Waals surface area contributed by atoms with Crippen LogP contribution in [0.15, 0.2) is 29.3 Å². The van der Waals surface area contributed by atoms with Gasteiger partial charge in [-0.3, -0.25) is 14.6 Å². The highest BCUT2D eigenvalue weighted by Gasteiger charge is 2.12. The van der Waals surface area contributed by atoms with Gasteiger partial charge in [0.2, 0.25) is 5.91 Å². The maximum absolute atomic E-state index is 12.3. The average Bonchev–Trinajstić information content (AvgIpc) is 2.59. The molecule has 7 nitrogen and oxygen atoms in total. The SMILES string of the molecule is CNC(C)CNC(=O)CCc1c(C)nc(-c2cccnc2)[nH]c1=O. The van der Waals surface area contributed by atoms with Gasteiger partial charge in [-0.2, -0.15) is 0 Å². The van der Waals surface area contributed by atoms with Crippen LogP contribution in [0.4, 0.5) is 0 Å². The zero-order valence-electron chi connectivity index (χ0n) is 14.2. The topological polar surface area (TPSA) is 99.8 Å². The molecule has 1 unspecified atom stereocenters. The van der Waals surface area contributed by atoms with Crippen molar-refractivity contribution in [2.75, 3.05) is 13.6 Å². The van der Waals surface area contributed by atoms with Crippen molar-refractivity contribution in [2.24, 2.45) is 0 Å². The molecule has 2 rings (SSSR count). The Labute approximate surface area is 140 Å². The van der Waals surface area contributed by atoms with Crippen LogP contribution in [0.25, 0.3) is 11.4 Å². The van der Waals surface area contributed by atoms with Crippen molar-refractivity contribution in [3.8, 4) is 11.4 Å². The number of carbonyl (C=O) groups excluding carboxylic acids is 1. The number of nitrogens with one attached hydrogen (secondary N) is 3. The molecule has 0 fully saturated rings. The molecule has 0 aromatic carbocycles. The highest BCUT2D eigenvalue weighted by atomic mass is 16.1. The van der Waals surface area contributed by atoms with Crippen molar-refractivity contribution in [1.82, 2.24) is 25.6 Å². The third-order valence-electron chi connectivity index (χ3n) is 3.86. The van der Waals surface area contributed by atoms with E-state index < -0.39 is 0 Å². The number of likely N-dealkylation sites (N-methyl/N-ethyl adjacent to an activating group) is 1. The molecule has 3 N–H and O–H groups in total. The Hall–Kier alpha value is -2.54. The van der Waals surface area contributed by atoms with Gasteiger partial charge in [0.15, 0.2) is 0 Å². The van der Waals surface area contributed by atoms with Crippen molar-refractivity contribution in [1.29, 1.82) is 0 Å². The summed E-state index contributed by atoms with van der Waals surface area (Å²) in [5.41, 5.74) is 1.72. The Kier molecular flexibility index (Phi) is 6.20. The first-order valence-corrected chi connectivity index (χ1v) is 7.95. The van der Waals surface area contributed by atoms with Gasteiger partial charge in [0.25, 0.3) is 5.56 Å². The van der Waals surface area contributed by atoms with E-state index in [9.17, 15) is 9.59 Å². The Morgan fingerprint density at radius 1 is 1.42 bits per heavy atom. The Morgan fingerprint density at radius 2 is 2.21 bits per heavy atom. The maximum atomic E-state index is 12.3. The van der Waals surface area contributed by atoms with E-state index in [0.717, 1.165) is 5.56 Å². The molecule has 1 amide bonds. The van der Waals surface area contributed by atoms with Crippen LogP contribution in [0.2, 0.25) is 0 Å². The molecule has 24 heavy (non-hydrogen) atoms. The number of hydrogen-bond acceptors (Lipinski definition) is 5. The number of H-pyrrole nitrogens is 1. The fourth-order valence-corrected chi connectivity index (χ4v) is 2.24. The molecule has 2 heterocycles. The monoisotopic (exact) mass is 329 g/mol. The van der Waals surface area contributed by atoms with Crippen LogP contribution >= 0.6 is 0 Å². The van der Waals surface area contributed by atoms with E-state index in [1.807, 2.05) is 20.0 Å². The first-order valence-electron chi connectivity index (χ1n) is 7.95. The fourth-order valence-electron chi connectivity index (χ4n) is 2.24. The van der Waals surface area contributed by atoms with Gasteiger partial charge in [-0.25, -0.2) is 4.98 Å². The summed E-state index contributed by atoms with van der Waals surface area (Å²) >= 11 is 0. The highest BCUT2D eigenvalue weighted by molar-refractivity contribution is 5.76. The molecule has 2 aromatic rings. The highest BCUT2D eigenvalue weighted by Crippen LogP contribution is 2.13. The molecule has 0 aliphatic heterocycles. The van der Waals surface area contributed by atoms with Crippen LogP contribution in [0.3, 0.4) is 0 Å². The summed E-state index contributed by atoms with van der Waals surface area (Å²) < 4.78 is 0. The zero-order valence-corrected chi connectivity index (χ0v) is 14.2. The molecule has 0 bridgehead atoms. The lowest BCUT2D eigenvalue weighted by atomic mass is 10.1. The van der Waals surface area contributed by atoms with E-state index in [-0.39, 0.29) is 23.9 Å². The predicted molar refractivity (Wildman–Crippen MR) is 92.7 cm³/mol. The Morgan fingerprint density at radius 3 is 2.83 bits per heavy atom. The van der Waals surface area contributed by atoms with Gasteiger partial charge < -0.3 is 15.6 Å². The first kappa shape index (κ1) is 17.8. The second kappa shape index (κ2) is 8.35. The smallest absolute Gasteiger partial charge is 0.254 e. The lowest BCUT2D eigenvalue weighted by Crippen LogP contribution is -2.37. The number of nitrogens with zero attached hydrogens (tertiary/aromatic N) is 2. The fraction of sp³-hybridized carbons (Fsp3) is 0.412. The van der Waals surface area contributed by atoms with E-state index in [2.05, 4.69) is 25.6 Å². The molecule has 2 aromatic heterocycles. The summed E-state index contributed by atoms with van der Waals surface area (Å²) in [6.45, 7) is 4.32. The number of aryl methyl sites for hydroxylation is 1. The number of aromatic nitrogens is 3. The molecular weight excluding hydrogens is 306 g/mol. The van der Waals surface area contributed by atoms with E-state index >= 15 is 0 Å². The standard InChI is InChI=1S/C17H23N5O2/c1-11(18-3)9-20-15(23)7-6-14-12(2)21-16(22-17(14)24)13-5-4-8-19-10-13/h4-5,8,10-11,18H,6-7,9H2,1-3H3,(H,20,23)(H,21,22,24). The summed E-state index contributed by atoms with van der Waals surface area (Å²) in [7, 11) is 1.84. The third-order valence-corrected chi connectivity index (χ3v) is 3.86. The van der Waals surface area contributed by atoms with E-state index in [4.69, 9.17) is 0 Å². The molecular formula is C17H23N5O2. The van der Waals surface area contributed by atoms with Gasteiger partial charge in [0.05, 0.1) is 0 Å². The molecule has 128 valence electrons. The number of rotatable bonds is 7. The van der Waals surface area contributed by atoms with Crippen LogP contribution in [0.1, 0.15) is 24.6 Å². The summed E-state index contributed by atoms with van der Waals surface area (Å²) in [4.78, 5) is 35.4. The summed E-state index contributed by atoms with van der Waals surface area (Å²) in [6, 6.07) is 3.83. The number of carbonyl (C=O) groups is 1. The van der Waals surface area contributed by atoms with Crippen molar-refractivity contribution >= 4 is 5.91 Å². The molecule has 0 aliphatic carbocycles. The summed E-state index contributed by atoms with van der Waals surface area (Å²) in [6.07, 6.45) is 3.93. The van der Waals surface area contributed by atoms with Gasteiger partial charge in [-0.05, 0) is 39.4 Å². The average molecular weight is 329 g/mol. The summed E-state index contributed by atoms with van der Waals surface area (Å²) in [5, 5.41) is 5.89. The summed E-state index contributed by atoms with van der Waals surface area (Å²) in [5.74, 6) is 0.411. The van der Waals surface area contributed by atoms with Crippen LogP contribution in [0, 0.1) is 6.92 Å². The number of pyridine rings is 1. The van der Waals surface area contributed by atoms with Gasteiger partial charge in [-0.1, -0.05) is 0 Å². The molecule has 0 saturated heterocycles. The second-order valence-electron chi connectivity index (χ2n) is 5.71. The third kappa shape index (κ3) is 4.73. The van der Waals surface area contributed by atoms with Crippen LogP contribution < -0.4 is 16.2 Å². The van der Waals surface area contributed by atoms with Crippen molar-refractivity contribution in [2.45, 2.75) is 32.7 Å². The number of amides is 1. The van der Waals surface area contributed by atoms with E-state index in [1.165, 1.54) is 0 Å². The normalized spacial score (nSPS) is 12.0.